The van der Waals surface area contributed by atoms with Crippen molar-refractivity contribution >= 4 is 23.1 Å². The SMILES string of the molecule is CSCC(CCO)Nc1ccc([N+](=O)[O-])c(C)c1. The Morgan fingerprint density at radius 3 is 2.78 bits per heavy atom. The van der Waals surface area contributed by atoms with Crippen LogP contribution >= 0.6 is 11.8 Å². The Hall–Kier alpha value is -1.27. The lowest BCUT2D eigenvalue weighted by molar-refractivity contribution is -0.385. The molecule has 6 heteroatoms. The van der Waals surface area contributed by atoms with Gasteiger partial charge in [-0.25, -0.2) is 0 Å². The summed E-state index contributed by atoms with van der Waals surface area (Å²) in [7, 11) is 0. The third-order valence-corrected chi connectivity index (χ3v) is 3.35. The van der Waals surface area contributed by atoms with Crippen molar-refractivity contribution in [2.45, 2.75) is 19.4 Å². The minimum Gasteiger partial charge on any atom is -0.396 e. The number of nitrogens with zero attached hydrogens (tertiary/aromatic N) is 1. The van der Waals surface area contributed by atoms with Crippen molar-refractivity contribution in [2.75, 3.05) is 23.9 Å². The monoisotopic (exact) mass is 270 g/mol. The quantitative estimate of drug-likeness (QED) is 0.588. The molecule has 1 aromatic carbocycles. The third kappa shape index (κ3) is 4.19. The van der Waals surface area contributed by atoms with Crippen LogP contribution in [0.5, 0.6) is 0 Å². The number of benzene rings is 1. The molecule has 0 fully saturated rings. The van der Waals surface area contributed by atoms with Gasteiger partial charge in [-0.15, -0.1) is 0 Å². The molecule has 0 spiro atoms. The van der Waals surface area contributed by atoms with E-state index in [0.717, 1.165) is 11.4 Å². The number of nitrogens with one attached hydrogen (secondary N) is 1. The van der Waals surface area contributed by atoms with Gasteiger partial charge in [-0.3, -0.25) is 10.1 Å². The molecule has 0 aliphatic carbocycles. The van der Waals surface area contributed by atoms with Gasteiger partial charge in [-0.05, 0) is 31.7 Å². The molecule has 0 heterocycles. The van der Waals surface area contributed by atoms with Crippen molar-refractivity contribution in [2.24, 2.45) is 0 Å². The average molecular weight is 270 g/mol. The summed E-state index contributed by atoms with van der Waals surface area (Å²) in [6.07, 6.45) is 2.67. The van der Waals surface area contributed by atoms with Gasteiger partial charge in [-0.2, -0.15) is 11.8 Å². The van der Waals surface area contributed by atoms with Crippen molar-refractivity contribution in [3.05, 3.63) is 33.9 Å². The van der Waals surface area contributed by atoms with Crippen molar-refractivity contribution in [1.82, 2.24) is 0 Å². The Kier molecular flexibility index (Phi) is 5.94. The molecule has 1 aromatic rings. The standard InChI is InChI=1S/C12H18N2O3S/c1-9-7-10(3-4-12(9)14(16)17)13-11(5-6-15)8-18-2/h3-4,7,11,13,15H,5-6,8H2,1-2H3. The molecule has 0 aliphatic rings. The lowest BCUT2D eigenvalue weighted by atomic mass is 10.1. The number of aliphatic hydroxyl groups excluding tert-OH is 1. The zero-order chi connectivity index (χ0) is 13.5. The highest BCUT2D eigenvalue weighted by Gasteiger charge is 2.12. The van der Waals surface area contributed by atoms with Crippen LogP contribution in [0.1, 0.15) is 12.0 Å². The van der Waals surface area contributed by atoms with Crippen LogP contribution in [0.2, 0.25) is 0 Å². The highest BCUT2D eigenvalue weighted by atomic mass is 32.2. The molecule has 1 atom stereocenters. The smallest absolute Gasteiger partial charge is 0.272 e. The Labute approximate surface area is 111 Å². The summed E-state index contributed by atoms with van der Waals surface area (Å²) >= 11 is 1.70. The number of rotatable bonds is 7. The van der Waals surface area contributed by atoms with E-state index in [1.54, 1.807) is 30.8 Å². The first kappa shape index (κ1) is 14.8. The van der Waals surface area contributed by atoms with E-state index in [9.17, 15) is 10.1 Å². The van der Waals surface area contributed by atoms with Crippen LogP contribution in [0.25, 0.3) is 0 Å². The molecule has 1 unspecified atom stereocenters. The van der Waals surface area contributed by atoms with Crippen LogP contribution in [-0.4, -0.2) is 34.7 Å². The molecule has 0 bridgehead atoms. The topological polar surface area (TPSA) is 75.4 Å². The van der Waals surface area contributed by atoms with E-state index in [-0.39, 0.29) is 23.3 Å². The van der Waals surface area contributed by atoms with Crippen LogP contribution in [0.15, 0.2) is 18.2 Å². The summed E-state index contributed by atoms with van der Waals surface area (Å²) in [5.41, 5.74) is 1.62. The van der Waals surface area contributed by atoms with E-state index in [4.69, 9.17) is 5.11 Å². The first-order chi connectivity index (χ1) is 8.58. The second-order valence-electron chi connectivity index (χ2n) is 4.07. The molecule has 2 N–H and O–H groups in total. The zero-order valence-electron chi connectivity index (χ0n) is 10.5. The lowest BCUT2D eigenvalue weighted by Gasteiger charge is -2.18. The van der Waals surface area contributed by atoms with E-state index in [2.05, 4.69) is 5.32 Å². The molecule has 100 valence electrons. The predicted molar refractivity (Wildman–Crippen MR) is 75.3 cm³/mol. The third-order valence-electron chi connectivity index (χ3n) is 2.61. The van der Waals surface area contributed by atoms with Crippen molar-refractivity contribution in [1.29, 1.82) is 0 Å². The summed E-state index contributed by atoms with van der Waals surface area (Å²) in [6, 6.07) is 5.15. The number of anilines is 1. The van der Waals surface area contributed by atoms with E-state index < -0.39 is 0 Å². The van der Waals surface area contributed by atoms with Crippen molar-refractivity contribution in [3.63, 3.8) is 0 Å². The summed E-state index contributed by atoms with van der Waals surface area (Å²) in [4.78, 5) is 10.3. The van der Waals surface area contributed by atoms with E-state index in [1.807, 2.05) is 6.26 Å². The Morgan fingerprint density at radius 2 is 2.28 bits per heavy atom. The Morgan fingerprint density at radius 1 is 1.56 bits per heavy atom. The summed E-state index contributed by atoms with van der Waals surface area (Å²) in [5.74, 6) is 0.886. The fraction of sp³-hybridized carbons (Fsp3) is 0.500. The van der Waals surface area contributed by atoms with Gasteiger partial charge in [-0.1, -0.05) is 0 Å². The van der Waals surface area contributed by atoms with Crippen LogP contribution in [0.3, 0.4) is 0 Å². The second kappa shape index (κ2) is 7.23. The summed E-state index contributed by atoms with van der Waals surface area (Å²) in [5, 5.41) is 23.0. The van der Waals surface area contributed by atoms with E-state index in [1.165, 1.54) is 6.07 Å². The summed E-state index contributed by atoms with van der Waals surface area (Å²) in [6.45, 7) is 1.85. The fourth-order valence-corrected chi connectivity index (χ4v) is 2.39. The highest BCUT2D eigenvalue weighted by molar-refractivity contribution is 7.98. The van der Waals surface area contributed by atoms with E-state index >= 15 is 0 Å². The number of nitro groups is 1. The van der Waals surface area contributed by atoms with Gasteiger partial charge in [0.1, 0.15) is 0 Å². The largest absolute Gasteiger partial charge is 0.396 e. The second-order valence-corrected chi connectivity index (χ2v) is 4.98. The zero-order valence-corrected chi connectivity index (χ0v) is 11.4. The molecular formula is C12H18N2O3S. The average Bonchev–Trinajstić information content (AvgIpc) is 2.29. The number of aliphatic hydroxyl groups is 1. The molecule has 0 radical (unpaired) electrons. The van der Waals surface area contributed by atoms with Crippen LogP contribution in [-0.2, 0) is 0 Å². The minimum atomic E-state index is -0.383. The molecule has 0 aliphatic heterocycles. The van der Waals surface area contributed by atoms with E-state index in [0.29, 0.717) is 12.0 Å². The number of hydrogen-bond donors (Lipinski definition) is 2. The van der Waals surface area contributed by atoms with Crippen LogP contribution < -0.4 is 5.32 Å². The molecule has 18 heavy (non-hydrogen) atoms. The van der Waals surface area contributed by atoms with Gasteiger partial charge < -0.3 is 10.4 Å². The molecule has 0 aromatic heterocycles. The predicted octanol–water partition coefficient (Wildman–Crippen LogP) is 2.43. The van der Waals surface area contributed by atoms with Gasteiger partial charge in [0.15, 0.2) is 0 Å². The highest BCUT2D eigenvalue weighted by Crippen LogP contribution is 2.22. The van der Waals surface area contributed by atoms with Crippen LogP contribution in [0.4, 0.5) is 11.4 Å². The molecule has 1 rings (SSSR count). The Balaban J connectivity index is 2.77. The molecule has 0 saturated heterocycles. The molecule has 5 nitrogen and oxygen atoms in total. The van der Waals surface area contributed by atoms with Gasteiger partial charge in [0.05, 0.1) is 4.92 Å². The number of nitro benzene ring substituents is 1. The van der Waals surface area contributed by atoms with Gasteiger partial charge in [0, 0.05) is 35.7 Å². The normalized spacial score (nSPS) is 12.2. The van der Waals surface area contributed by atoms with Gasteiger partial charge in [0.2, 0.25) is 0 Å². The fourth-order valence-electron chi connectivity index (χ4n) is 1.74. The number of aryl methyl sites for hydroxylation is 1. The maximum atomic E-state index is 10.7. The van der Waals surface area contributed by atoms with Crippen molar-refractivity contribution in [3.8, 4) is 0 Å². The maximum absolute atomic E-state index is 10.7. The van der Waals surface area contributed by atoms with Crippen LogP contribution in [0, 0.1) is 17.0 Å². The first-order valence-corrected chi connectivity index (χ1v) is 7.09. The van der Waals surface area contributed by atoms with Gasteiger partial charge >= 0.3 is 0 Å². The minimum absolute atomic E-state index is 0.129. The molecule has 0 amide bonds. The maximum Gasteiger partial charge on any atom is 0.272 e. The molecule has 0 saturated carbocycles. The first-order valence-electron chi connectivity index (χ1n) is 5.70. The summed E-state index contributed by atoms with van der Waals surface area (Å²) < 4.78 is 0. The number of thioether (sulfide) groups is 1. The molecular weight excluding hydrogens is 252 g/mol. The Bertz CT molecular complexity index is 406. The lowest BCUT2D eigenvalue weighted by Crippen LogP contribution is -2.23. The van der Waals surface area contributed by atoms with Gasteiger partial charge in [0.25, 0.3) is 5.69 Å². The number of hydrogen-bond acceptors (Lipinski definition) is 5. The van der Waals surface area contributed by atoms with Crippen molar-refractivity contribution < 1.29 is 10.0 Å².